The van der Waals surface area contributed by atoms with E-state index >= 15 is 0 Å². The molecule has 0 spiro atoms. The normalized spacial score (nSPS) is 15.9. The topological polar surface area (TPSA) is 34.1 Å². The molecule has 0 amide bonds. The molecule has 21 heavy (non-hydrogen) atoms. The fourth-order valence-corrected chi connectivity index (χ4v) is 2.72. The number of hydrogen-bond donors (Lipinski definition) is 1. The predicted molar refractivity (Wildman–Crippen MR) is 84.9 cm³/mol. The van der Waals surface area contributed by atoms with Gasteiger partial charge in [0.05, 0.1) is 0 Å². The first-order valence-electron chi connectivity index (χ1n) is 7.36. The molecule has 2 aromatic rings. The van der Waals surface area contributed by atoms with Crippen molar-refractivity contribution >= 4 is 11.6 Å². The number of benzene rings is 1. The Labute approximate surface area is 130 Å². The lowest BCUT2D eigenvalue weighted by Gasteiger charge is -2.22. The monoisotopic (exact) mass is 302 g/mol. The van der Waals surface area contributed by atoms with E-state index in [1.165, 1.54) is 0 Å². The van der Waals surface area contributed by atoms with Crippen molar-refractivity contribution in [1.82, 2.24) is 10.3 Å². The standard InChI is InChI=1S/C17H19ClN2O/c18-15-6-4-13(5-7-15)12-21-17-3-1-2-16(20-17)14-8-10-19-11-9-14/h1-7,14,19H,8-12H2. The van der Waals surface area contributed by atoms with Crippen molar-refractivity contribution in [1.29, 1.82) is 0 Å². The number of hydrogen-bond acceptors (Lipinski definition) is 3. The Morgan fingerprint density at radius 3 is 2.62 bits per heavy atom. The number of nitrogens with zero attached hydrogens (tertiary/aromatic N) is 1. The van der Waals surface area contributed by atoms with Crippen LogP contribution < -0.4 is 10.1 Å². The van der Waals surface area contributed by atoms with Crippen LogP contribution >= 0.6 is 11.6 Å². The quantitative estimate of drug-likeness (QED) is 0.933. The summed E-state index contributed by atoms with van der Waals surface area (Å²) in [6, 6.07) is 13.7. The van der Waals surface area contributed by atoms with Gasteiger partial charge >= 0.3 is 0 Å². The molecule has 2 heterocycles. The molecular formula is C17H19ClN2O. The van der Waals surface area contributed by atoms with Crippen LogP contribution in [-0.2, 0) is 6.61 Å². The van der Waals surface area contributed by atoms with Crippen molar-refractivity contribution < 1.29 is 4.74 Å². The van der Waals surface area contributed by atoms with E-state index in [9.17, 15) is 0 Å². The van der Waals surface area contributed by atoms with Crippen LogP contribution in [0.4, 0.5) is 0 Å². The second-order valence-corrected chi connectivity index (χ2v) is 5.78. The maximum atomic E-state index is 5.88. The first-order valence-corrected chi connectivity index (χ1v) is 7.74. The molecule has 1 N–H and O–H groups in total. The summed E-state index contributed by atoms with van der Waals surface area (Å²) in [5.41, 5.74) is 2.23. The Morgan fingerprint density at radius 2 is 1.86 bits per heavy atom. The maximum Gasteiger partial charge on any atom is 0.213 e. The average Bonchev–Trinajstić information content (AvgIpc) is 2.55. The summed E-state index contributed by atoms with van der Waals surface area (Å²) in [5, 5.41) is 4.12. The number of aromatic nitrogens is 1. The van der Waals surface area contributed by atoms with Crippen molar-refractivity contribution in [2.75, 3.05) is 13.1 Å². The summed E-state index contributed by atoms with van der Waals surface area (Å²) in [7, 11) is 0. The van der Waals surface area contributed by atoms with Crippen molar-refractivity contribution in [2.45, 2.75) is 25.4 Å². The molecule has 0 bridgehead atoms. The zero-order chi connectivity index (χ0) is 14.5. The van der Waals surface area contributed by atoms with Gasteiger partial charge in [-0.2, -0.15) is 0 Å². The molecule has 1 aromatic heterocycles. The zero-order valence-corrected chi connectivity index (χ0v) is 12.6. The maximum absolute atomic E-state index is 5.88. The van der Waals surface area contributed by atoms with Gasteiger partial charge in [0, 0.05) is 22.7 Å². The Hall–Kier alpha value is -1.58. The molecule has 1 aromatic carbocycles. The van der Waals surface area contributed by atoms with Crippen LogP contribution in [0.1, 0.15) is 30.0 Å². The molecule has 0 saturated carbocycles. The van der Waals surface area contributed by atoms with Crippen molar-refractivity contribution in [3.05, 3.63) is 58.7 Å². The summed E-state index contributed by atoms with van der Waals surface area (Å²) in [5.74, 6) is 1.24. The van der Waals surface area contributed by atoms with Gasteiger partial charge in [-0.3, -0.25) is 0 Å². The van der Waals surface area contributed by atoms with Gasteiger partial charge in [0.25, 0.3) is 0 Å². The first kappa shape index (κ1) is 14.4. The second kappa shape index (κ2) is 6.92. The fraction of sp³-hybridized carbons (Fsp3) is 0.353. The molecular weight excluding hydrogens is 284 g/mol. The number of pyridine rings is 1. The van der Waals surface area contributed by atoms with E-state index in [1.54, 1.807) is 0 Å². The predicted octanol–water partition coefficient (Wildman–Crippen LogP) is 3.78. The van der Waals surface area contributed by atoms with Crippen molar-refractivity contribution in [3.8, 4) is 5.88 Å². The number of halogens is 1. The van der Waals surface area contributed by atoms with E-state index in [2.05, 4.69) is 16.4 Å². The first-order chi connectivity index (χ1) is 10.3. The third-order valence-corrected chi connectivity index (χ3v) is 4.05. The molecule has 3 rings (SSSR count). The third kappa shape index (κ3) is 3.96. The number of rotatable bonds is 4. The molecule has 1 aliphatic rings. The summed E-state index contributed by atoms with van der Waals surface area (Å²) < 4.78 is 5.79. The van der Waals surface area contributed by atoms with Gasteiger partial charge < -0.3 is 10.1 Å². The van der Waals surface area contributed by atoms with Crippen LogP contribution in [0.15, 0.2) is 42.5 Å². The molecule has 110 valence electrons. The van der Waals surface area contributed by atoms with Crippen molar-refractivity contribution in [2.24, 2.45) is 0 Å². The molecule has 0 atom stereocenters. The van der Waals surface area contributed by atoms with Crippen LogP contribution in [0.3, 0.4) is 0 Å². The van der Waals surface area contributed by atoms with Gasteiger partial charge in [0.2, 0.25) is 5.88 Å². The lowest BCUT2D eigenvalue weighted by molar-refractivity contribution is 0.291. The smallest absolute Gasteiger partial charge is 0.213 e. The molecule has 3 nitrogen and oxygen atoms in total. The van der Waals surface area contributed by atoms with Crippen LogP contribution in [0.2, 0.25) is 5.02 Å². The summed E-state index contributed by atoms with van der Waals surface area (Å²) in [6.45, 7) is 2.66. The van der Waals surface area contributed by atoms with Crippen LogP contribution in [0, 0.1) is 0 Å². The van der Waals surface area contributed by atoms with E-state index in [-0.39, 0.29) is 0 Å². The highest BCUT2D eigenvalue weighted by atomic mass is 35.5. The Balaban J connectivity index is 1.64. The minimum Gasteiger partial charge on any atom is -0.473 e. The SMILES string of the molecule is Clc1ccc(COc2cccc(C3CCNCC3)n2)cc1. The van der Waals surface area contributed by atoms with E-state index in [0.717, 1.165) is 42.2 Å². The van der Waals surface area contributed by atoms with E-state index in [0.29, 0.717) is 18.4 Å². The Bertz CT molecular complexity index is 580. The number of ether oxygens (including phenoxy) is 1. The van der Waals surface area contributed by atoms with E-state index in [4.69, 9.17) is 16.3 Å². The Morgan fingerprint density at radius 1 is 1.10 bits per heavy atom. The molecule has 0 unspecified atom stereocenters. The van der Waals surface area contributed by atoms with Gasteiger partial charge in [-0.05, 0) is 49.7 Å². The van der Waals surface area contributed by atoms with Crippen LogP contribution in [0.5, 0.6) is 5.88 Å². The highest BCUT2D eigenvalue weighted by Crippen LogP contribution is 2.25. The van der Waals surface area contributed by atoms with E-state index < -0.39 is 0 Å². The molecule has 1 fully saturated rings. The number of nitrogens with one attached hydrogen (secondary N) is 1. The molecule has 0 radical (unpaired) electrons. The van der Waals surface area contributed by atoms with E-state index in [1.807, 2.05) is 36.4 Å². The fourth-order valence-electron chi connectivity index (χ4n) is 2.59. The Kier molecular flexibility index (Phi) is 4.73. The van der Waals surface area contributed by atoms with Gasteiger partial charge in [0.15, 0.2) is 0 Å². The highest BCUT2D eigenvalue weighted by Gasteiger charge is 2.16. The zero-order valence-electron chi connectivity index (χ0n) is 11.9. The van der Waals surface area contributed by atoms with Gasteiger partial charge in [-0.1, -0.05) is 29.8 Å². The minimum absolute atomic E-state index is 0.514. The summed E-state index contributed by atoms with van der Waals surface area (Å²) >= 11 is 5.88. The minimum atomic E-state index is 0.514. The molecule has 1 aliphatic heterocycles. The lowest BCUT2D eigenvalue weighted by Crippen LogP contribution is -2.27. The third-order valence-electron chi connectivity index (χ3n) is 3.80. The largest absolute Gasteiger partial charge is 0.473 e. The molecule has 0 aliphatic carbocycles. The second-order valence-electron chi connectivity index (χ2n) is 5.34. The average molecular weight is 303 g/mol. The van der Waals surface area contributed by atoms with Crippen molar-refractivity contribution in [3.63, 3.8) is 0 Å². The summed E-state index contributed by atoms with van der Waals surface area (Å²) in [4.78, 5) is 4.65. The lowest BCUT2D eigenvalue weighted by atomic mass is 9.94. The highest BCUT2D eigenvalue weighted by molar-refractivity contribution is 6.30. The molecule has 4 heteroatoms. The van der Waals surface area contributed by atoms with Gasteiger partial charge in [-0.25, -0.2) is 4.98 Å². The number of piperidine rings is 1. The summed E-state index contributed by atoms with van der Waals surface area (Å²) in [6.07, 6.45) is 2.29. The van der Waals surface area contributed by atoms with Gasteiger partial charge in [-0.15, -0.1) is 0 Å². The van der Waals surface area contributed by atoms with Crippen LogP contribution in [0.25, 0.3) is 0 Å². The molecule has 1 saturated heterocycles. The van der Waals surface area contributed by atoms with Crippen LogP contribution in [-0.4, -0.2) is 18.1 Å². The van der Waals surface area contributed by atoms with Gasteiger partial charge in [0.1, 0.15) is 6.61 Å².